The lowest BCUT2D eigenvalue weighted by Gasteiger charge is -2.01. The minimum Gasteiger partial charge on any atom is -0.294 e. The van der Waals surface area contributed by atoms with Crippen LogP contribution in [0.3, 0.4) is 0 Å². The predicted molar refractivity (Wildman–Crippen MR) is 68.2 cm³/mol. The van der Waals surface area contributed by atoms with E-state index in [1.807, 2.05) is 0 Å². The highest BCUT2D eigenvalue weighted by molar-refractivity contribution is 9.10. The second-order valence-electron chi connectivity index (χ2n) is 3.61. The molecular formula is C11H9BrClN3O. The molecule has 0 saturated carbocycles. The molecule has 1 heterocycles. The number of nitrogens with zero attached hydrogens (tertiary/aromatic N) is 3. The largest absolute Gasteiger partial charge is 0.294 e. The molecule has 2 rings (SSSR count). The van der Waals surface area contributed by atoms with E-state index in [1.54, 1.807) is 36.1 Å². The van der Waals surface area contributed by atoms with Crippen LogP contribution in [0.1, 0.15) is 16.1 Å². The van der Waals surface area contributed by atoms with Gasteiger partial charge < -0.3 is 0 Å². The van der Waals surface area contributed by atoms with Gasteiger partial charge in [-0.05, 0) is 28.1 Å². The number of ketones is 1. The van der Waals surface area contributed by atoms with Crippen molar-refractivity contribution < 1.29 is 4.79 Å². The van der Waals surface area contributed by atoms with E-state index in [0.29, 0.717) is 16.3 Å². The van der Waals surface area contributed by atoms with Crippen LogP contribution < -0.4 is 0 Å². The summed E-state index contributed by atoms with van der Waals surface area (Å²) < 4.78 is 2.34. The Morgan fingerprint density at radius 1 is 1.53 bits per heavy atom. The minimum absolute atomic E-state index is 0.0279. The van der Waals surface area contributed by atoms with E-state index in [1.165, 1.54) is 0 Å². The van der Waals surface area contributed by atoms with Crippen molar-refractivity contribution in [1.29, 1.82) is 0 Å². The molecule has 17 heavy (non-hydrogen) atoms. The van der Waals surface area contributed by atoms with Crippen molar-refractivity contribution in [1.82, 2.24) is 15.0 Å². The molecule has 0 bridgehead atoms. The van der Waals surface area contributed by atoms with Gasteiger partial charge in [-0.15, -0.1) is 5.10 Å². The van der Waals surface area contributed by atoms with Gasteiger partial charge in [-0.1, -0.05) is 22.9 Å². The van der Waals surface area contributed by atoms with E-state index in [4.69, 9.17) is 11.6 Å². The number of aromatic nitrogens is 3. The Balaban J connectivity index is 2.17. The first kappa shape index (κ1) is 12.3. The summed E-state index contributed by atoms with van der Waals surface area (Å²) >= 11 is 9.21. The van der Waals surface area contributed by atoms with E-state index < -0.39 is 0 Å². The highest BCUT2D eigenvalue weighted by Crippen LogP contribution is 2.23. The topological polar surface area (TPSA) is 47.8 Å². The first-order chi connectivity index (χ1) is 8.06. The minimum atomic E-state index is -0.0279. The fraction of sp³-hybridized carbons (Fsp3) is 0.182. The summed E-state index contributed by atoms with van der Waals surface area (Å²) in [5.74, 6) is -0.0279. The Bertz CT molecular complexity index is 568. The molecule has 0 aliphatic carbocycles. The number of carbonyl (C=O) groups is 1. The van der Waals surface area contributed by atoms with Crippen LogP contribution in [0.5, 0.6) is 0 Å². The van der Waals surface area contributed by atoms with Gasteiger partial charge in [-0.3, -0.25) is 9.48 Å². The zero-order chi connectivity index (χ0) is 12.4. The molecule has 4 nitrogen and oxygen atoms in total. The fourth-order valence-corrected chi connectivity index (χ4v) is 1.84. The maximum atomic E-state index is 11.9. The molecule has 88 valence electrons. The van der Waals surface area contributed by atoms with Gasteiger partial charge in [-0.2, -0.15) is 0 Å². The number of hydrogen-bond acceptors (Lipinski definition) is 3. The highest BCUT2D eigenvalue weighted by atomic mass is 79.9. The molecule has 6 heteroatoms. The number of Topliss-reactive ketones (excluding diaryl/α,β-unsaturated/α-hetero) is 1. The molecule has 0 N–H and O–H groups in total. The fourth-order valence-electron chi connectivity index (χ4n) is 1.41. The Kier molecular flexibility index (Phi) is 3.59. The molecular weight excluding hydrogens is 305 g/mol. The van der Waals surface area contributed by atoms with Crippen molar-refractivity contribution in [3.8, 4) is 0 Å². The van der Waals surface area contributed by atoms with Crippen LogP contribution in [0.25, 0.3) is 0 Å². The van der Waals surface area contributed by atoms with Gasteiger partial charge in [0.05, 0.1) is 17.1 Å². The SMILES string of the molecule is Cn1cc(CC(=O)c2ccc(Br)c(Cl)c2)nn1. The second kappa shape index (κ2) is 4.98. The molecule has 0 amide bonds. The maximum absolute atomic E-state index is 11.9. The summed E-state index contributed by atoms with van der Waals surface area (Å²) in [6.45, 7) is 0. The monoisotopic (exact) mass is 313 g/mol. The molecule has 0 spiro atoms. The predicted octanol–water partition coefficient (Wildman–Crippen LogP) is 2.66. The third kappa shape index (κ3) is 2.92. The van der Waals surface area contributed by atoms with Gasteiger partial charge in [0.15, 0.2) is 5.78 Å². The van der Waals surface area contributed by atoms with Crippen LogP contribution in [-0.4, -0.2) is 20.8 Å². The third-order valence-electron chi connectivity index (χ3n) is 2.23. The Hall–Kier alpha value is -1.20. The number of carbonyl (C=O) groups excluding carboxylic acids is 1. The number of hydrogen-bond donors (Lipinski definition) is 0. The van der Waals surface area contributed by atoms with Gasteiger partial charge in [0, 0.05) is 23.3 Å². The lowest BCUT2D eigenvalue weighted by Crippen LogP contribution is -2.03. The van der Waals surface area contributed by atoms with Crippen LogP contribution in [-0.2, 0) is 13.5 Å². The van der Waals surface area contributed by atoms with Crippen molar-refractivity contribution in [3.05, 3.63) is 45.1 Å². The zero-order valence-electron chi connectivity index (χ0n) is 9.02. The zero-order valence-corrected chi connectivity index (χ0v) is 11.4. The Morgan fingerprint density at radius 2 is 2.29 bits per heavy atom. The smallest absolute Gasteiger partial charge is 0.168 e. The van der Waals surface area contributed by atoms with E-state index in [2.05, 4.69) is 26.2 Å². The molecule has 0 saturated heterocycles. The maximum Gasteiger partial charge on any atom is 0.168 e. The van der Waals surface area contributed by atoms with E-state index in [-0.39, 0.29) is 12.2 Å². The average Bonchev–Trinajstić information content (AvgIpc) is 2.68. The van der Waals surface area contributed by atoms with Gasteiger partial charge in [0.2, 0.25) is 0 Å². The van der Waals surface area contributed by atoms with Crippen LogP contribution in [0.4, 0.5) is 0 Å². The van der Waals surface area contributed by atoms with Crippen molar-refractivity contribution in [3.63, 3.8) is 0 Å². The molecule has 1 aromatic heterocycles. The van der Waals surface area contributed by atoms with Crippen molar-refractivity contribution in [2.75, 3.05) is 0 Å². The summed E-state index contributed by atoms with van der Waals surface area (Å²) in [4.78, 5) is 11.9. The molecule has 0 radical (unpaired) electrons. The van der Waals surface area contributed by atoms with Crippen molar-refractivity contribution in [2.24, 2.45) is 7.05 Å². The number of rotatable bonds is 3. The van der Waals surface area contributed by atoms with Crippen LogP contribution in [0.2, 0.25) is 5.02 Å². The van der Waals surface area contributed by atoms with E-state index in [0.717, 1.165) is 4.47 Å². The number of halogens is 2. The normalized spacial score (nSPS) is 10.5. The summed E-state index contributed by atoms with van der Waals surface area (Å²) in [5.41, 5.74) is 1.22. The van der Waals surface area contributed by atoms with Crippen LogP contribution in [0, 0.1) is 0 Å². The van der Waals surface area contributed by atoms with Crippen LogP contribution in [0.15, 0.2) is 28.9 Å². The first-order valence-electron chi connectivity index (χ1n) is 4.89. The second-order valence-corrected chi connectivity index (χ2v) is 4.87. The average molecular weight is 315 g/mol. The summed E-state index contributed by atoms with van der Waals surface area (Å²) in [5, 5.41) is 8.17. The highest BCUT2D eigenvalue weighted by Gasteiger charge is 2.11. The number of benzene rings is 1. The van der Waals surface area contributed by atoms with Gasteiger partial charge in [-0.25, -0.2) is 0 Å². The molecule has 0 unspecified atom stereocenters. The summed E-state index contributed by atoms with van der Waals surface area (Å²) in [6, 6.07) is 5.13. The molecule has 2 aromatic rings. The summed E-state index contributed by atoms with van der Waals surface area (Å²) in [7, 11) is 1.76. The third-order valence-corrected chi connectivity index (χ3v) is 3.47. The summed E-state index contributed by atoms with van der Waals surface area (Å²) in [6.07, 6.45) is 1.95. The van der Waals surface area contributed by atoms with E-state index >= 15 is 0 Å². The van der Waals surface area contributed by atoms with Crippen LogP contribution >= 0.6 is 27.5 Å². The van der Waals surface area contributed by atoms with E-state index in [9.17, 15) is 4.79 Å². The van der Waals surface area contributed by atoms with Gasteiger partial charge in [0.1, 0.15) is 0 Å². The molecule has 0 fully saturated rings. The molecule has 0 aliphatic rings. The van der Waals surface area contributed by atoms with Crippen molar-refractivity contribution >= 4 is 33.3 Å². The Morgan fingerprint density at radius 3 is 2.88 bits per heavy atom. The number of aryl methyl sites for hydroxylation is 1. The molecule has 1 aromatic carbocycles. The lowest BCUT2D eigenvalue weighted by molar-refractivity contribution is 0.0992. The van der Waals surface area contributed by atoms with Gasteiger partial charge in [0.25, 0.3) is 0 Å². The molecule has 0 aliphatic heterocycles. The van der Waals surface area contributed by atoms with Gasteiger partial charge >= 0.3 is 0 Å². The quantitative estimate of drug-likeness (QED) is 0.818. The van der Waals surface area contributed by atoms with Crippen molar-refractivity contribution in [2.45, 2.75) is 6.42 Å². The first-order valence-corrected chi connectivity index (χ1v) is 6.07. The standard InChI is InChI=1S/C11H9BrClN3O/c1-16-6-8(14-15-16)5-11(17)7-2-3-9(12)10(13)4-7/h2-4,6H,5H2,1H3. The molecule has 0 atom stereocenters. The Labute approximate surface area is 112 Å². The lowest BCUT2D eigenvalue weighted by atomic mass is 10.1.